The van der Waals surface area contributed by atoms with Crippen LogP contribution in [0.1, 0.15) is 39.0 Å². The van der Waals surface area contributed by atoms with Gasteiger partial charge in [0.2, 0.25) is 0 Å². The van der Waals surface area contributed by atoms with E-state index >= 15 is 0 Å². The molecule has 14 heavy (non-hydrogen) atoms. The first-order valence-electron chi connectivity index (χ1n) is 5.10. The van der Waals surface area contributed by atoms with Gasteiger partial charge in [0.05, 0.1) is 12.8 Å². The molecular weight excluding hydrogens is 182 g/mol. The zero-order valence-electron chi connectivity index (χ0n) is 9.14. The molecule has 0 aromatic heterocycles. The van der Waals surface area contributed by atoms with Crippen LogP contribution in [0.4, 0.5) is 8.78 Å². The second kappa shape index (κ2) is 14.8. The van der Waals surface area contributed by atoms with E-state index in [0.717, 1.165) is 19.3 Å². The molecule has 0 heterocycles. The summed E-state index contributed by atoms with van der Waals surface area (Å²) in [5.74, 6) is 0. The van der Waals surface area contributed by atoms with Gasteiger partial charge in [-0.25, -0.2) is 4.39 Å². The molecule has 0 nitrogen and oxygen atoms in total. The van der Waals surface area contributed by atoms with Crippen LogP contribution in [0.3, 0.4) is 0 Å². The third-order valence-corrected chi connectivity index (χ3v) is 1.56. The van der Waals surface area contributed by atoms with Crippen molar-refractivity contribution >= 4 is 0 Å². The van der Waals surface area contributed by atoms with Gasteiger partial charge in [-0.3, -0.25) is 4.39 Å². The molecule has 0 saturated carbocycles. The zero-order valence-corrected chi connectivity index (χ0v) is 9.14. The normalized spacial score (nSPS) is 11.1. The Bertz CT molecular complexity index is 119. The predicted molar refractivity (Wildman–Crippen MR) is 60.0 cm³/mol. The molecule has 84 valence electrons. The van der Waals surface area contributed by atoms with Gasteiger partial charge < -0.3 is 0 Å². The summed E-state index contributed by atoms with van der Waals surface area (Å²) in [6, 6.07) is 0. The highest BCUT2D eigenvalue weighted by Gasteiger charge is 1.91. The van der Waals surface area contributed by atoms with Crippen LogP contribution in [0.25, 0.3) is 0 Å². The van der Waals surface area contributed by atoms with Crippen molar-refractivity contribution in [2.45, 2.75) is 45.2 Å². The van der Waals surface area contributed by atoms with Crippen LogP contribution in [0.2, 0.25) is 0 Å². The first-order valence-corrected chi connectivity index (χ1v) is 5.10. The number of unbranched alkanes of at least 4 members (excludes halogenated alkanes) is 2. The van der Waals surface area contributed by atoms with Crippen LogP contribution in [-0.2, 0) is 0 Å². The van der Waals surface area contributed by atoms with Gasteiger partial charge in [0.15, 0.2) is 0 Å². The summed E-state index contributed by atoms with van der Waals surface area (Å²) < 4.78 is 23.1. The van der Waals surface area contributed by atoms with E-state index in [1.165, 1.54) is 0 Å². The fraction of sp³-hybridized carbons (Fsp3) is 0.667. The minimum absolute atomic E-state index is 0.187. The van der Waals surface area contributed by atoms with Crippen LogP contribution in [0.15, 0.2) is 25.3 Å². The zero-order chi connectivity index (χ0) is 11.2. The molecule has 0 rings (SSSR count). The lowest BCUT2D eigenvalue weighted by Gasteiger charge is -1.93. The van der Waals surface area contributed by atoms with Crippen molar-refractivity contribution in [3.63, 3.8) is 0 Å². The van der Waals surface area contributed by atoms with E-state index in [1.807, 2.05) is 6.08 Å². The van der Waals surface area contributed by atoms with Gasteiger partial charge in [-0.2, -0.15) is 0 Å². The van der Waals surface area contributed by atoms with Crippen LogP contribution in [-0.4, -0.2) is 12.8 Å². The van der Waals surface area contributed by atoms with Gasteiger partial charge in [-0.05, 0) is 39.0 Å². The van der Waals surface area contributed by atoms with Crippen LogP contribution < -0.4 is 0 Å². The Morgan fingerprint density at radius 1 is 1.14 bits per heavy atom. The molecule has 1 atom stereocenters. The standard InChI is InChI=1S/2C6H11F/c1-3-4-5-6(2)7;1-2-3-4-5-6-7/h3,6H,1,4-5H2,2H3;2H,1,3-6H2. The Morgan fingerprint density at radius 2 is 1.71 bits per heavy atom. The fourth-order valence-electron chi connectivity index (χ4n) is 0.731. The molecule has 0 fully saturated rings. The van der Waals surface area contributed by atoms with Gasteiger partial charge in [-0.15, -0.1) is 13.2 Å². The number of halogens is 2. The minimum Gasteiger partial charge on any atom is -0.251 e. The summed E-state index contributed by atoms with van der Waals surface area (Å²) >= 11 is 0. The Balaban J connectivity index is 0. The smallest absolute Gasteiger partial charge is 0.0976 e. The van der Waals surface area contributed by atoms with Crippen molar-refractivity contribution < 1.29 is 8.78 Å². The van der Waals surface area contributed by atoms with Crippen LogP contribution in [0, 0.1) is 0 Å². The third kappa shape index (κ3) is 22.5. The van der Waals surface area contributed by atoms with Gasteiger partial charge >= 0.3 is 0 Å². The summed E-state index contributed by atoms with van der Waals surface area (Å²) in [6.07, 6.45) is 6.86. The lowest BCUT2D eigenvalue weighted by molar-refractivity contribution is 0.343. The maximum Gasteiger partial charge on any atom is 0.0976 e. The molecule has 0 aliphatic heterocycles. The quantitative estimate of drug-likeness (QED) is 0.419. The fourth-order valence-corrected chi connectivity index (χ4v) is 0.731. The molecule has 0 bridgehead atoms. The monoisotopic (exact) mass is 204 g/mol. The lowest BCUT2D eigenvalue weighted by atomic mass is 10.2. The van der Waals surface area contributed by atoms with Gasteiger partial charge in [0.1, 0.15) is 0 Å². The van der Waals surface area contributed by atoms with Crippen molar-refractivity contribution in [1.29, 1.82) is 0 Å². The Morgan fingerprint density at radius 3 is 2.00 bits per heavy atom. The number of allylic oxidation sites excluding steroid dienone is 2. The van der Waals surface area contributed by atoms with Gasteiger partial charge in [-0.1, -0.05) is 12.2 Å². The number of alkyl halides is 2. The molecule has 0 aromatic rings. The minimum atomic E-state index is -0.669. The highest BCUT2D eigenvalue weighted by Crippen LogP contribution is 1.99. The molecule has 0 aliphatic carbocycles. The van der Waals surface area contributed by atoms with Crippen molar-refractivity contribution in [2.75, 3.05) is 6.67 Å². The third-order valence-electron chi connectivity index (χ3n) is 1.56. The second-order valence-electron chi connectivity index (χ2n) is 3.12. The second-order valence-corrected chi connectivity index (χ2v) is 3.12. The van der Waals surface area contributed by atoms with E-state index in [9.17, 15) is 8.78 Å². The van der Waals surface area contributed by atoms with Crippen molar-refractivity contribution in [3.05, 3.63) is 25.3 Å². The Labute approximate surface area is 86.7 Å². The maximum atomic E-state index is 11.8. The van der Waals surface area contributed by atoms with E-state index in [0.29, 0.717) is 12.8 Å². The van der Waals surface area contributed by atoms with E-state index < -0.39 is 6.17 Å². The molecule has 0 radical (unpaired) electrons. The van der Waals surface area contributed by atoms with Crippen molar-refractivity contribution in [3.8, 4) is 0 Å². The molecule has 0 spiro atoms. The maximum absolute atomic E-state index is 11.8. The average molecular weight is 204 g/mol. The molecule has 0 N–H and O–H groups in total. The predicted octanol–water partition coefficient (Wildman–Crippen LogP) is 4.62. The lowest BCUT2D eigenvalue weighted by Crippen LogP contribution is -1.88. The SMILES string of the molecule is C=CCCC(C)F.C=CCCCCF. The van der Waals surface area contributed by atoms with Gasteiger partial charge in [0.25, 0.3) is 0 Å². The van der Waals surface area contributed by atoms with Crippen LogP contribution >= 0.6 is 0 Å². The van der Waals surface area contributed by atoms with E-state index in [1.54, 1.807) is 13.0 Å². The highest BCUT2D eigenvalue weighted by molar-refractivity contribution is 4.67. The Kier molecular flexibility index (Phi) is 16.7. The number of hydrogen-bond donors (Lipinski definition) is 0. The molecule has 1 unspecified atom stereocenters. The summed E-state index contributed by atoms with van der Waals surface area (Å²) in [5, 5.41) is 0. The molecule has 0 amide bonds. The average Bonchev–Trinajstić information content (AvgIpc) is 2.16. The van der Waals surface area contributed by atoms with Gasteiger partial charge in [0, 0.05) is 0 Å². The summed E-state index contributed by atoms with van der Waals surface area (Å²) in [6.45, 7) is 8.35. The number of hydrogen-bond acceptors (Lipinski definition) is 0. The summed E-state index contributed by atoms with van der Waals surface area (Å²) in [7, 11) is 0. The first kappa shape index (κ1) is 15.8. The van der Waals surface area contributed by atoms with E-state index in [4.69, 9.17) is 0 Å². The van der Waals surface area contributed by atoms with Crippen LogP contribution in [0.5, 0.6) is 0 Å². The topological polar surface area (TPSA) is 0 Å². The first-order chi connectivity index (χ1) is 6.68. The highest BCUT2D eigenvalue weighted by atomic mass is 19.1. The van der Waals surface area contributed by atoms with E-state index in [2.05, 4.69) is 13.2 Å². The largest absolute Gasteiger partial charge is 0.251 e. The Hall–Kier alpha value is -0.660. The van der Waals surface area contributed by atoms with Crippen molar-refractivity contribution in [1.82, 2.24) is 0 Å². The summed E-state index contributed by atoms with van der Waals surface area (Å²) in [4.78, 5) is 0. The molecule has 2 heteroatoms. The molecular formula is C12H22F2. The molecule has 0 aromatic carbocycles. The molecule has 0 aliphatic rings. The van der Waals surface area contributed by atoms with E-state index in [-0.39, 0.29) is 6.67 Å². The molecule has 0 saturated heterocycles. The summed E-state index contributed by atoms with van der Waals surface area (Å²) in [5.41, 5.74) is 0. The number of rotatable bonds is 7. The van der Waals surface area contributed by atoms with Crippen molar-refractivity contribution in [2.24, 2.45) is 0 Å².